The van der Waals surface area contributed by atoms with Crippen LogP contribution in [0.15, 0.2) is 58.1 Å². The Hall–Kier alpha value is -2.40. The Kier molecular flexibility index (Phi) is 4.06. The molecule has 1 aromatic heterocycles. The summed E-state index contributed by atoms with van der Waals surface area (Å²) in [4.78, 5) is 15.4. The molecule has 0 aliphatic carbocycles. The van der Waals surface area contributed by atoms with E-state index in [0.29, 0.717) is 5.56 Å². The Labute approximate surface area is 136 Å². The number of H-pyrrole nitrogens is 1. The second kappa shape index (κ2) is 6.15. The largest absolute Gasteiger partial charge is 0.358 e. The van der Waals surface area contributed by atoms with Crippen LogP contribution in [0.5, 0.6) is 0 Å². The first-order valence-electron chi connectivity index (χ1n) is 6.82. The van der Waals surface area contributed by atoms with Crippen molar-refractivity contribution >= 4 is 39.0 Å². The van der Waals surface area contributed by atoms with Crippen LogP contribution in [-0.4, -0.2) is 17.1 Å². The third-order valence-corrected chi connectivity index (χ3v) is 4.11. The van der Waals surface area contributed by atoms with Crippen LogP contribution in [0.4, 0.5) is 0 Å². The number of carbonyl (C=O) groups excluding carboxylic acids is 1. The van der Waals surface area contributed by atoms with Crippen LogP contribution < -0.4 is 5.43 Å². The fourth-order valence-electron chi connectivity index (χ4n) is 2.33. The smallest absolute Gasteiger partial charge is 0.272 e. The average molecular weight is 356 g/mol. The minimum Gasteiger partial charge on any atom is -0.358 e. The predicted octanol–water partition coefficient (Wildman–Crippen LogP) is 4.00. The molecule has 0 unspecified atom stereocenters. The molecule has 3 rings (SSSR count). The molecule has 22 heavy (non-hydrogen) atoms. The van der Waals surface area contributed by atoms with Gasteiger partial charge in [0.25, 0.3) is 5.91 Å². The summed E-state index contributed by atoms with van der Waals surface area (Å²) >= 11 is 3.35. The highest BCUT2D eigenvalue weighted by atomic mass is 79.9. The SMILES string of the molecule is Cc1[nH]c2ccccc2c1/C=N\NC(=O)c1ccccc1Br. The summed E-state index contributed by atoms with van der Waals surface area (Å²) in [5.41, 5.74) is 6.15. The summed E-state index contributed by atoms with van der Waals surface area (Å²) in [5.74, 6) is -0.249. The quantitative estimate of drug-likeness (QED) is 0.541. The van der Waals surface area contributed by atoms with Crippen LogP contribution in [0.2, 0.25) is 0 Å². The number of hydrogen-bond acceptors (Lipinski definition) is 2. The van der Waals surface area contributed by atoms with E-state index >= 15 is 0 Å². The van der Waals surface area contributed by atoms with E-state index in [4.69, 9.17) is 0 Å². The number of aromatic nitrogens is 1. The van der Waals surface area contributed by atoms with Crippen LogP contribution in [0.1, 0.15) is 21.6 Å². The molecule has 4 nitrogen and oxygen atoms in total. The summed E-state index contributed by atoms with van der Waals surface area (Å²) in [6.07, 6.45) is 1.67. The number of carbonyl (C=O) groups is 1. The van der Waals surface area contributed by atoms with E-state index in [1.54, 1.807) is 12.3 Å². The number of rotatable bonds is 3. The number of hydrogen-bond donors (Lipinski definition) is 2. The zero-order chi connectivity index (χ0) is 15.5. The van der Waals surface area contributed by atoms with Gasteiger partial charge in [-0.1, -0.05) is 30.3 Å². The van der Waals surface area contributed by atoms with Crippen molar-refractivity contribution in [2.45, 2.75) is 6.92 Å². The molecule has 0 aliphatic heterocycles. The lowest BCUT2D eigenvalue weighted by molar-refractivity contribution is 0.0954. The molecule has 110 valence electrons. The van der Waals surface area contributed by atoms with Crippen molar-refractivity contribution in [2.24, 2.45) is 5.10 Å². The molecule has 0 aliphatic rings. The van der Waals surface area contributed by atoms with Gasteiger partial charge in [-0.05, 0) is 41.1 Å². The van der Waals surface area contributed by atoms with E-state index in [1.165, 1.54) is 0 Å². The standard InChI is InChI=1S/C17H14BrN3O/c1-11-14(12-6-3-5-9-16(12)20-11)10-19-21-17(22)13-7-2-4-8-15(13)18/h2-10,20H,1H3,(H,21,22)/b19-10-. The van der Waals surface area contributed by atoms with E-state index in [1.807, 2.05) is 49.4 Å². The van der Waals surface area contributed by atoms with Crippen LogP contribution in [0.25, 0.3) is 10.9 Å². The van der Waals surface area contributed by atoms with Gasteiger partial charge in [0, 0.05) is 26.6 Å². The van der Waals surface area contributed by atoms with Gasteiger partial charge >= 0.3 is 0 Å². The van der Waals surface area contributed by atoms with Crippen LogP contribution in [-0.2, 0) is 0 Å². The predicted molar refractivity (Wildman–Crippen MR) is 92.2 cm³/mol. The first kappa shape index (κ1) is 14.5. The maximum absolute atomic E-state index is 12.1. The number of aromatic amines is 1. The van der Waals surface area contributed by atoms with Gasteiger partial charge in [-0.2, -0.15) is 5.10 Å². The van der Waals surface area contributed by atoms with Crippen molar-refractivity contribution in [3.8, 4) is 0 Å². The molecule has 0 radical (unpaired) electrons. The van der Waals surface area contributed by atoms with Gasteiger partial charge in [-0.15, -0.1) is 0 Å². The average Bonchev–Trinajstić information content (AvgIpc) is 2.83. The lowest BCUT2D eigenvalue weighted by atomic mass is 10.1. The van der Waals surface area contributed by atoms with Crippen LogP contribution in [0, 0.1) is 6.92 Å². The number of nitrogens with one attached hydrogen (secondary N) is 2. The maximum Gasteiger partial charge on any atom is 0.272 e. The molecule has 2 aromatic carbocycles. The molecule has 0 saturated heterocycles. The summed E-state index contributed by atoms with van der Waals surface area (Å²) in [6.45, 7) is 1.98. The molecule has 3 aromatic rings. The van der Waals surface area contributed by atoms with Gasteiger partial charge in [0.2, 0.25) is 0 Å². The zero-order valence-corrected chi connectivity index (χ0v) is 13.5. The molecule has 0 atom stereocenters. The normalized spacial score (nSPS) is 11.2. The number of fused-ring (bicyclic) bond motifs is 1. The number of aryl methyl sites for hydroxylation is 1. The molecule has 0 fully saturated rings. The fourth-order valence-corrected chi connectivity index (χ4v) is 2.79. The summed E-state index contributed by atoms with van der Waals surface area (Å²) in [6, 6.07) is 15.2. The monoisotopic (exact) mass is 355 g/mol. The highest BCUT2D eigenvalue weighted by molar-refractivity contribution is 9.10. The molecule has 0 saturated carbocycles. The molecule has 5 heteroatoms. The number of halogens is 1. The second-order valence-corrected chi connectivity index (χ2v) is 5.74. The molecular weight excluding hydrogens is 342 g/mol. The molecule has 1 amide bonds. The van der Waals surface area contributed by atoms with Gasteiger partial charge in [-0.25, -0.2) is 5.43 Å². The third-order valence-electron chi connectivity index (χ3n) is 3.42. The molecular formula is C17H14BrN3O. The number of amides is 1. The van der Waals surface area contributed by atoms with Crippen LogP contribution in [0.3, 0.4) is 0 Å². The number of hydrazone groups is 1. The second-order valence-electron chi connectivity index (χ2n) is 4.89. The van der Waals surface area contributed by atoms with E-state index < -0.39 is 0 Å². The van der Waals surface area contributed by atoms with Crippen molar-refractivity contribution in [1.29, 1.82) is 0 Å². The minimum atomic E-state index is -0.249. The first-order valence-corrected chi connectivity index (χ1v) is 7.61. The number of nitrogens with zero attached hydrogens (tertiary/aromatic N) is 1. The lowest BCUT2D eigenvalue weighted by Gasteiger charge is -2.01. The fraction of sp³-hybridized carbons (Fsp3) is 0.0588. The lowest BCUT2D eigenvalue weighted by Crippen LogP contribution is -2.18. The van der Waals surface area contributed by atoms with Gasteiger partial charge in [0.1, 0.15) is 0 Å². The van der Waals surface area contributed by atoms with Crippen molar-refractivity contribution in [3.63, 3.8) is 0 Å². The number of benzene rings is 2. The van der Waals surface area contributed by atoms with Crippen LogP contribution >= 0.6 is 15.9 Å². The maximum atomic E-state index is 12.1. The van der Waals surface area contributed by atoms with E-state index in [0.717, 1.165) is 26.6 Å². The molecule has 0 spiro atoms. The van der Waals surface area contributed by atoms with Crippen molar-refractivity contribution in [2.75, 3.05) is 0 Å². The van der Waals surface area contributed by atoms with Crippen molar-refractivity contribution in [3.05, 3.63) is 69.8 Å². The summed E-state index contributed by atoms with van der Waals surface area (Å²) < 4.78 is 0.742. The third kappa shape index (κ3) is 2.80. The highest BCUT2D eigenvalue weighted by Gasteiger charge is 2.08. The van der Waals surface area contributed by atoms with Gasteiger partial charge in [0.05, 0.1) is 11.8 Å². The highest BCUT2D eigenvalue weighted by Crippen LogP contribution is 2.20. The van der Waals surface area contributed by atoms with Crippen molar-refractivity contribution < 1.29 is 4.79 Å². The topological polar surface area (TPSA) is 57.2 Å². The van der Waals surface area contributed by atoms with Gasteiger partial charge in [0.15, 0.2) is 0 Å². The molecule has 0 bridgehead atoms. The summed E-state index contributed by atoms with van der Waals surface area (Å²) in [7, 11) is 0. The van der Waals surface area contributed by atoms with Crippen molar-refractivity contribution in [1.82, 2.24) is 10.4 Å². The van der Waals surface area contributed by atoms with E-state index in [9.17, 15) is 4.79 Å². The molecule has 1 heterocycles. The Morgan fingerprint density at radius 2 is 1.91 bits per heavy atom. The minimum absolute atomic E-state index is 0.249. The van der Waals surface area contributed by atoms with E-state index in [-0.39, 0.29) is 5.91 Å². The van der Waals surface area contributed by atoms with Gasteiger partial charge < -0.3 is 4.98 Å². The Bertz CT molecular complexity index is 867. The number of para-hydroxylation sites is 1. The van der Waals surface area contributed by atoms with E-state index in [2.05, 4.69) is 31.4 Å². The zero-order valence-electron chi connectivity index (χ0n) is 11.9. The Morgan fingerprint density at radius 1 is 1.18 bits per heavy atom. The first-order chi connectivity index (χ1) is 10.7. The molecule has 2 N–H and O–H groups in total. The Balaban J connectivity index is 1.81. The van der Waals surface area contributed by atoms with Gasteiger partial charge in [-0.3, -0.25) is 4.79 Å². The Morgan fingerprint density at radius 3 is 2.73 bits per heavy atom. The summed E-state index contributed by atoms with van der Waals surface area (Å²) in [5, 5.41) is 5.16.